The maximum atomic E-state index is 13.6. The van der Waals surface area contributed by atoms with E-state index in [1.807, 2.05) is 54.6 Å². The molecule has 4 heteroatoms. The lowest BCUT2D eigenvalue weighted by Crippen LogP contribution is -2.52. The van der Waals surface area contributed by atoms with Crippen molar-refractivity contribution in [3.05, 3.63) is 96.0 Å². The first-order valence-corrected chi connectivity index (χ1v) is 8.50. The standard InChI is InChI=1S/C22H15NO3/c24-20-13-15(19-11-6-12-26-19)14-22(16-7-2-1-3-8-16)21(25)17-9-4-5-10-18(17)23(20)22/h1-13H,14H2/t22-/m0/s1. The summed E-state index contributed by atoms with van der Waals surface area (Å²) in [6.07, 6.45) is 3.53. The third-order valence-electron chi connectivity index (χ3n) is 5.20. The van der Waals surface area contributed by atoms with E-state index in [-0.39, 0.29) is 11.7 Å². The minimum atomic E-state index is -1.07. The van der Waals surface area contributed by atoms with Crippen LogP contribution >= 0.6 is 0 Å². The van der Waals surface area contributed by atoms with Gasteiger partial charge in [-0.2, -0.15) is 0 Å². The molecular weight excluding hydrogens is 326 g/mol. The monoisotopic (exact) mass is 341 g/mol. The van der Waals surface area contributed by atoms with Crippen LogP contribution in [0.4, 0.5) is 5.69 Å². The van der Waals surface area contributed by atoms with E-state index in [4.69, 9.17) is 4.42 Å². The number of benzene rings is 2. The smallest absolute Gasteiger partial charge is 0.252 e. The molecule has 0 saturated carbocycles. The summed E-state index contributed by atoms with van der Waals surface area (Å²) >= 11 is 0. The van der Waals surface area contributed by atoms with Crippen LogP contribution in [0, 0.1) is 0 Å². The van der Waals surface area contributed by atoms with Crippen LogP contribution in [0.3, 0.4) is 0 Å². The number of rotatable bonds is 2. The van der Waals surface area contributed by atoms with Gasteiger partial charge in [0.15, 0.2) is 5.78 Å². The molecule has 1 atom stereocenters. The SMILES string of the molecule is O=C1C=C(c2ccco2)C[C@]2(c3ccccc3)C(=O)c3ccccc3N12. The first kappa shape index (κ1) is 14.9. The molecule has 0 saturated heterocycles. The van der Waals surface area contributed by atoms with Gasteiger partial charge in [-0.3, -0.25) is 14.5 Å². The highest BCUT2D eigenvalue weighted by molar-refractivity contribution is 6.25. The molecule has 2 aromatic carbocycles. The summed E-state index contributed by atoms with van der Waals surface area (Å²) in [4.78, 5) is 28.3. The van der Waals surface area contributed by atoms with Gasteiger partial charge in [-0.05, 0) is 29.8 Å². The Bertz CT molecular complexity index is 1050. The number of amides is 1. The van der Waals surface area contributed by atoms with Gasteiger partial charge in [0.1, 0.15) is 11.3 Å². The van der Waals surface area contributed by atoms with Crippen LogP contribution in [0.1, 0.15) is 28.1 Å². The first-order chi connectivity index (χ1) is 12.7. The zero-order valence-electron chi connectivity index (χ0n) is 13.9. The largest absolute Gasteiger partial charge is 0.465 e. The van der Waals surface area contributed by atoms with Crippen LogP contribution in [0.15, 0.2) is 83.5 Å². The lowest BCUT2D eigenvalue weighted by atomic mass is 9.77. The Hall–Kier alpha value is -3.40. The lowest BCUT2D eigenvalue weighted by molar-refractivity contribution is -0.115. The van der Waals surface area contributed by atoms with Crippen molar-refractivity contribution in [2.24, 2.45) is 0 Å². The number of para-hydroxylation sites is 1. The fraction of sp³-hybridized carbons (Fsp3) is 0.0909. The van der Waals surface area contributed by atoms with E-state index in [0.29, 0.717) is 23.4 Å². The molecule has 0 fully saturated rings. The van der Waals surface area contributed by atoms with E-state index in [2.05, 4.69) is 0 Å². The van der Waals surface area contributed by atoms with Gasteiger partial charge in [-0.1, -0.05) is 42.5 Å². The van der Waals surface area contributed by atoms with Crippen LogP contribution in [-0.4, -0.2) is 11.7 Å². The Morgan fingerprint density at radius 3 is 2.42 bits per heavy atom. The van der Waals surface area contributed by atoms with Crippen molar-refractivity contribution in [2.75, 3.05) is 4.90 Å². The molecule has 0 aliphatic carbocycles. The van der Waals surface area contributed by atoms with Crippen LogP contribution in [0.25, 0.3) is 5.57 Å². The number of hydrogen-bond donors (Lipinski definition) is 0. The molecule has 0 unspecified atom stereocenters. The van der Waals surface area contributed by atoms with Gasteiger partial charge in [0, 0.05) is 23.6 Å². The van der Waals surface area contributed by atoms with Crippen LogP contribution < -0.4 is 4.90 Å². The third kappa shape index (κ3) is 1.84. The lowest BCUT2D eigenvalue weighted by Gasteiger charge is -2.40. The molecular formula is C22H15NO3. The molecule has 0 N–H and O–H groups in total. The van der Waals surface area contributed by atoms with E-state index in [9.17, 15) is 9.59 Å². The molecule has 1 aromatic heterocycles. The van der Waals surface area contributed by atoms with Crippen molar-refractivity contribution in [3.63, 3.8) is 0 Å². The van der Waals surface area contributed by atoms with E-state index in [0.717, 1.165) is 11.1 Å². The van der Waals surface area contributed by atoms with Crippen LogP contribution in [0.5, 0.6) is 0 Å². The highest BCUT2D eigenvalue weighted by atomic mass is 16.3. The van der Waals surface area contributed by atoms with Crippen molar-refractivity contribution < 1.29 is 14.0 Å². The molecule has 0 bridgehead atoms. The molecule has 0 radical (unpaired) electrons. The van der Waals surface area contributed by atoms with Crippen LogP contribution in [0.2, 0.25) is 0 Å². The van der Waals surface area contributed by atoms with Gasteiger partial charge in [0.2, 0.25) is 0 Å². The van der Waals surface area contributed by atoms with E-state index < -0.39 is 5.54 Å². The number of furan rings is 1. The third-order valence-corrected chi connectivity index (χ3v) is 5.20. The average molecular weight is 341 g/mol. The number of ketones is 1. The second-order valence-corrected chi connectivity index (χ2v) is 6.57. The maximum Gasteiger partial charge on any atom is 0.252 e. The summed E-state index contributed by atoms with van der Waals surface area (Å²) in [7, 11) is 0. The molecule has 3 aromatic rings. The number of nitrogens with zero attached hydrogens (tertiary/aromatic N) is 1. The van der Waals surface area contributed by atoms with Crippen molar-refractivity contribution in [3.8, 4) is 0 Å². The number of carbonyl (C=O) groups excluding carboxylic acids is 2. The zero-order valence-corrected chi connectivity index (χ0v) is 13.9. The van der Waals surface area contributed by atoms with Crippen molar-refractivity contribution >= 4 is 23.0 Å². The zero-order chi connectivity index (χ0) is 17.7. The average Bonchev–Trinajstić information content (AvgIpc) is 3.30. The van der Waals surface area contributed by atoms with Gasteiger partial charge in [-0.25, -0.2) is 0 Å². The highest BCUT2D eigenvalue weighted by Crippen LogP contribution is 2.51. The number of carbonyl (C=O) groups is 2. The van der Waals surface area contributed by atoms with Crippen molar-refractivity contribution in [1.82, 2.24) is 0 Å². The van der Waals surface area contributed by atoms with Gasteiger partial charge >= 0.3 is 0 Å². The summed E-state index contributed by atoms with van der Waals surface area (Å²) in [5.74, 6) is 0.367. The Balaban J connectivity index is 1.78. The molecule has 5 rings (SSSR count). The van der Waals surface area contributed by atoms with Gasteiger partial charge in [0.05, 0.1) is 12.0 Å². The van der Waals surface area contributed by atoms with Crippen LogP contribution in [-0.2, 0) is 10.3 Å². The fourth-order valence-electron chi connectivity index (χ4n) is 4.09. The minimum absolute atomic E-state index is 0.0511. The van der Waals surface area contributed by atoms with E-state index >= 15 is 0 Å². The first-order valence-electron chi connectivity index (χ1n) is 8.50. The summed E-state index contributed by atoms with van der Waals surface area (Å²) in [6, 6.07) is 20.4. The predicted octanol–water partition coefficient (Wildman–Crippen LogP) is 4.19. The summed E-state index contributed by atoms with van der Waals surface area (Å²) in [5, 5.41) is 0. The summed E-state index contributed by atoms with van der Waals surface area (Å²) < 4.78 is 5.51. The molecule has 1 amide bonds. The Morgan fingerprint density at radius 2 is 1.65 bits per heavy atom. The van der Waals surface area contributed by atoms with Crippen molar-refractivity contribution in [2.45, 2.75) is 12.0 Å². The second-order valence-electron chi connectivity index (χ2n) is 6.57. The normalized spacial score (nSPS) is 21.4. The highest BCUT2D eigenvalue weighted by Gasteiger charge is 2.56. The summed E-state index contributed by atoms with van der Waals surface area (Å²) in [6.45, 7) is 0. The quantitative estimate of drug-likeness (QED) is 0.702. The molecule has 126 valence electrons. The number of anilines is 1. The molecule has 2 aliphatic rings. The summed E-state index contributed by atoms with van der Waals surface area (Å²) in [5.41, 5.74) is 1.73. The van der Waals surface area contributed by atoms with Gasteiger partial charge in [-0.15, -0.1) is 0 Å². The second kappa shape index (κ2) is 5.30. The minimum Gasteiger partial charge on any atom is -0.465 e. The predicted molar refractivity (Wildman–Crippen MR) is 97.7 cm³/mol. The molecule has 2 aliphatic heterocycles. The number of fused-ring (bicyclic) bond motifs is 3. The Morgan fingerprint density at radius 1 is 0.885 bits per heavy atom. The number of Topliss-reactive ketones (excluding diaryl/α,β-unsaturated/α-hetero) is 1. The topological polar surface area (TPSA) is 50.5 Å². The van der Waals surface area contributed by atoms with Crippen molar-refractivity contribution in [1.29, 1.82) is 0 Å². The van der Waals surface area contributed by atoms with E-state index in [1.165, 1.54) is 0 Å². The van der Waals surface area contributed by atoms with Gasteiger partial charge in [0.25, 0.3) is 5.91 Å². The van der Waals surface area contributed by atoms with Gasteiger partial charge < -0.3 is 4.42 Å². The fourth-order valence-corrected chi connectivity index (χ4v) is 4.09. The molecule has 0 spiro atoms. The Labute approximate surface area is 150 Å². The Kier molecular flexibility index (Phi) is 3.04. The molecule has 3 heterocycles. The maximum absolute atomic E-state index is 13.6. The van der Waals surface area contributed by atoms with E-state index in [1.54, 1.807) is 29.4 Å². The molecule has 4 nitrogen and oxygen atoms in total. The number of hydrogen-bond acceptors (Lipinski definition) is 3. The molecule has 26 heavy (non-hydrogen) atoms.